The smallest absolute Gasteiger partial charge is 0.251 e. The number of amides is 2. The molecule has 0 aliphatic carbocycles. The number of methoxy groups -OCH3 is 1. The van der Waals surface area contributed by atoms with Crippen molar-refractivity contribution in [2.75, 3.05) is 20.2 Å². The first-order valence-electron chi connectivity index (χ1n) is 8.23. The quantitative estimate of drug-likeness (QED) is 0.843. The van der Waals surface area contributed by atoms with E-state index < -0.39 is 0 Å². The van der Waals surface area contributed by atoms with Crippen LogP contribution in [0.4, 0.5) is 0 Å². The van der Waals surface area contributed by atoms with E-state index in [-0.39, 0.29) is 11.8 Å². The Kier molecular flexibility index (Phi) is 6.57. The van der Waals surface area contributed by atoms with Crippen LogP contribution in [0.5, 0.6) is 5.75 Å². The number of hydrogen-bond donors (Lipinski definition) is 1. The van der Waals surface area contributed by atoms with Gasteiger partial charge in [-0.3, -0.25) is 9.59 Å². The maximum absolute atomic E-state index is 12.2. The summed E-state index contributed by atoms with van der Waals surface area (Å²) in [7, 11) is 1.56. The van der Waals surface area contributed by atoms with E-state index >= 15 is 0 Å². The van der Waals surface area contributed by atoms with Crippen LogP contribution in [-0.4, -0.2) is 36.9 Å². The number of benzene rings is 2. The third-order valence-electron chi connectivity index (χ3n) is 3.90. The molecular formula is C20H24N2O3. The molecule has 0 fully saturated rings. The number of hydrogen-bond acceptors (Lipinski definition) is 3. The Morgan fingerprint density at radius 1 is 1.12 bits per heavy atom. The first-order chi connectivity index (χ1) is 12.0. The van der Waals surface area contributed by atoms with Crippen molar-refractivity contribution >= 4 is 11.8 Å². The highest BCUT2D eigenvalue weighted by molar-refractivity contribution is 5.94. The summed E-state index contributed by atoms with van der Waals surface area (Å²) in [5.74, 6) is 0.438. The molecule has 2 rings (SSSR count). The summed E-state index contributed by atoms with van der Waals surface area (Å²) in [4.78, 5) is 25.8. The lowest BCUT2D eigenvalue weighted by Gasteiger charge is -2.21. The number of carbonyl (C=O) groups excluding carboxylic acids is 2. The molecule has 5 heteroatoms. The molecule has 0 saturated heterocycles. The van der Waals surface area contributed by atoms with E-state index in [1.165, 1.54) is 0 Å². The molecule has 25 heavy (non-hydrogen) atoms. The number of carbonyl (C=O) groups is 2. The molecule has 5 nitrogen and oxygen atoms in total. The van der Waals surface area contributed by atoms with Gasteiger partial charge in [-0.15, -0.1) is 0 Å². The number of rotatable bonds is 7. The molecule has 2 amide bonds. The predicted octanol–water partition coefficient (Wildman–Crippen LogP) is 2.78. The van der Waals surface area contributed by atoms with Gasteiger partial charge >= 0.3 is 0 Å². The highest BCUT2D eigenvalue weighted by Gasteiger charge is 2.11. The minimum atomic E-state index is -0.182. The van der Waals surface area contributed by atoms with E-state index in [1.54, 1.807) is 43.2 Å². The van der Waals surface area contributed by atoms with Gasteiger partial charge in [0, 0.05) is 32.1 Å². The maximum Gasteiger partial charge on any atom is 0.251 e. The molecular weight excluding hydrogens is 316 g/mol. The standard InChI is InChI=1S/C20H24N2O3/c1-15-6-4-7-17(12-15)14-22(16(2)23)11-10-21-20(24)18-8-5-9-19(13-18)25-3/h4-9,12-13H,10-11,14H2,1-3H3,(H,21,24). The van der Waals surface area contributed by atoms with Crippen LogP contribution >= 0.6 is 0 Å². The van der Waals surface area contributed by atoms with Gasteiger partial charge in [-0.2, -0.15) is 0 Å². The number of nitrogens with one attached hydrogen (secondary N) is 1. The summed E-state index contributed by atoms with van der Waals surface area (Å²) in [5.41, 5.74) is 2.77. The van der Waals surface area contributed by atoms with Crippen molar-refractivity contribution in [2.45, 2.75) is 20.4 Å². The highest BCUT2D eigenvalue weighted by Crippen LogP contribution is 2.12. The lowest BCUT2D eigenvalue weighted by atomic mass is 10.1. The van der Waals surface area contributed by atoms with E-state index in [4.69, 9.17) is 4.74 Å². The zero-order valence-corrected chi connectivity index (χ0v) is 14.9. The SMILES string of the molecule is COc1cccc(C(=O)NCCN(Cc2cccc(C)c2)C(C)=O)c1. The van der Waals surface area contributed by atoms with Gasteiger partial charge in [-0.05, 0) is 30.7 Å². The molecule has 0 spiro atoms. The van der Waals surface area contributed by atoms with E-state index in [0.717, 1.165) is 11.1 Å². The summed E-state index contributed by atoms with van der Waals surface area (Å²) in [6.45, 7) is 4.95. The molecule has 1 N–H and O–H groups in total. The molecule has 0 aliphatic heterocycles. The van der Waals surface area contributed by atoms with Gasteiger partial charge in [-0.1, -0.05) is 35.9 Å². The Hall–Kier alpha value is -2.82. The Morgan fingerprint density at radius 3 is 2.56 bits per heavy atom. The van der Waals surface area contributed by atoms with Crippen molar-refractivity contribution in [3.05, 3.63) is 65.2 Å². The number of nitrogens with zero attached hydrogens (tertiary/aromatic N) is 1. The van der Waals surface area contributed by atoms with E-state index in [9.17, 15) is 9.59 Å². The average molecular weight is 340 g/mol. The van der Waals surface area contributed by atoms with E-state index in [2.05, 4.69) is 11.4 Å². The molecule has 2 aromatic carbocycles. The topological polar surface area (TPSA) is 58.6 Å². The van der Waals surface area contributed by atoms with Crippen molar-refractivity contribution < 1.29 is 14.3 Å². The predicted molar refractivity (Wildman–Crippen MR) is 97.6 cm³/mol. The Bertz CT molecular complexity index is 743. The van der Waals surface area contributed by atoms with Gasteiger partial charge in [-0.25, -0.2) is 0 Å². The fourth-order valence-corrected chi connectivity index (χ4v) is 2.55. The molecule has 0 radical (unpaired) electrons. The summed E-state index contributed by atoms with van der Waals surface area (Å²) in [5, 5.41) is 2.84. The van der Waals surface area contributed by atoms with E-state index in [1.807, 2.05) is 25.1 Å². The zero-order chi connectivity index (χ0) is 18.2. The van der Waals surface area contributed by atoms with Crippen molar-refractivity contribution in [3.8, 4) is 5.75 Å². The largest absolute Gasteiger partial charge is 0.497 e. The van der Waals surface area contributed by atoms with Gasteiger partial charge in [0.1, 0.15) is 5.75 Å². The van der Waals surface area contributed by atoms with Gasteiger partial charge in [0.2, 0.25) is 5.91 Å². The highest BCUT2D eigenvalue weighted by atomic mass is 16.5. The van der Waals surface area contributed by atoms with Crippen LogP contribution in [0.1, 0.15) is 28.4 Å². The zero-order valence-electron chi connectivity index (χ0n) is 14.9. The molecule has 0 bridgehead atoms. The molecule has 0 unspecified atom stereocenters. The molecule has 0 saturated carbocycles. The number of aryl methyl sites for hydroxylation is 1. The molecule has 132 valence electrons. The second-order valence-corrected chi connectivity index (χ2v) is 5.92. The van der Waals surface area contributed by atoms with Crippen LogP contribution in [-0.2, 0) is 11.3 Å². The Morgan fingerprint density at radius 2 is 1.88 bits per heavy atom. The van der Waals surface area contributed by atoms with Gasteiger partial charge < -0.3 is 15.0 Å². The molecule has 0 atom stereocenters. The van der Waals surface area contributed by atoms with Crippen LogP contribution < -0.4 is 10.1 Å². The fraction of sp³-hybridized carbons (Fsp3) is 0.300. The van der Waals surface area contributed by atoms with Crippen LogP contribution in [0, 0.1) is 6.92 Å². The van der Waals surface area contributed by atoms with Crippen LogP contribution in [0.3, 0.4) is 0 Å². The molecule has 0 aliphatic rings. The second kappa shape index (κ2) is 8.87. The minimum absolute atomic E-state index is 0.0165. The monoisotopic (exact) mass is 340 g/mol. The molecule has 0 aromatic heterocycles. The lowest BCUT2D eigenvalue weighted by molar-refractivity contribution is -0.129. The second-order valence-electron chi connectivity index (χ2n) is 5.92. The maximum atomic E-state index is 12.2. The van der Waals surface area contributed by atoms with Crippen molar-refractivity contribution in [2.24, 2.45) is 0 Å². The van der Waals surface area contributed by atoms with Crippen LogP contribution in [0.15, 0.2) is 48.5 Å². The summed E-state index contributed by atoms with van der Waals surface area (Å²) >= 11 is 0. The fourth-order valence-electron chi connectivity index (χ4n) is 2.55. The molecule has 0 heterocycles. The van der Waals surface area contributed by atoms with Crippen LogP contribution in [0.2, 0.25) is 0 Å². The Balaban J connectivity index is 1.90. The Labute approximate surface area is 148 Å². The van der Waals surface area contributed by atoms with Crippen molar-refractivity contribution in [1.82, 2.24) is 10.2 Å². The third-order valence-corrected chi connectivity index (χ3v) is 3.90. The summed E-state index contributed by atoms with van der Waals surface area (Å²) in [6.07, 6.45) is 0. The lowest BCUT2D eigenvalue weighted by Crippen LogP contribution is -2.37. The first-order valence-corrected chi connectivity index (χ1v) is 8.23. The van der Waals surface area contributed by atoms with Crippen molar-refractivity contribution in [3.63, 3.8) is 0 Å². The van der Waals surface area contributed by atoms with Crippen molar-refractivity contribution in [1.29, 1.82) is 0 Å². The van der Waals surface area contributed by atoms with E-state index in [0.29, 0.717) is 30.9 Å². The summed E-state index contributed by atoms with van der Waals surface area (Å²) < 4.78 is 5.12. The third kappa shape index (κ3) is 5.64. The summed E-state index contributed by atoms with van der Waals surface area (Å²) in [6, 6.07) is 15.0. The van der Waals surface area contributed by atoms with Gasteiger partial charge in [0.15, 0.2) is 0 Å². The van der Waals surface area contributed by atoms with Gasteiger partial charge in [0.25, 0.3) is 5.91 Å². The minimum Gasteiger partial charge on any atom is -0.497 e. The number of ether oxygens (including phenoxy) is 1. The normalized spacial score (nSPS) is 10.2. The van der Waals surface area contributed by atoms with Crippen LogP contribution in [0.25, 0.3) is 0 Å². The average Bonchev–Trinajstić information content (AvgIpc) is 2.60. The first kappa shape index (κ1) is 18.5. The molecule has 2 aromatic rings. The van der Waals surface area contributed by atoms with Gasteiger partial charge in [0.05, 0.1) is 7.11 Å².